The number of hydrogen-bond acceptors (Lipinski definition) is 2. The number of fused-ring (bicyclic) bond motifs is 1. The Balaban J connectivity index is 2.08. The molecule has 1 aromatic heterocycles. The van der Waals surface area contributed by atoms with E-state index in [1.807, 2.05) is 0 Å². The third-order valence-electron chi connectivity index (χ3n) is 2.91. The monoisotopic (exact) mass is 308 g/mol. The normalized spacial score (nSPS) is 10.9. The number of ketones is 1. The van der Waals surface area contributed by atoms with Crippen molar-refractivity contribution in [2.24, 2.45) is 0 Å². The number of carbonyl (C=O) groups excluding carboxylic acids is 1. The molecular formula is C15H7Cl2FO2. The summed E-state index contributed by atoms with van der Waals surface area (Å²) < 4.78 is 18.6. The average Bonchev–Trinajstić information content (AvgIpc) is 2.86. The van der Waals surface area contributed by atoms with Gasteiger partial charge in [0.2, 0.25) is 5.78 Å². The summed E-state index contributed by atoms with van der Waals surface area (Å²) in [5, 5.41) is 1.05. The molecule has 2 nitrogen and oxygen atoms in total. The van der Waals surface area contributed by atoms with E-state index in [0.717, 1.165) is 6.07 Å². The molecule has 0 saturated carbocycles. The Morgan fingerprint density at radius 3 is 2.55 bits per heavy atom. The molecule has 1 heterocycles. The molecule has 100 valence electrons. The number of benzene rings is 2. The van der Waals surface area contributed by atoms with E-state index in [2.05, 4.69) is 0 Å². The van der Waals surface area contributed by atoms with Gasteiger partial charge >= 0.3 is 0 Å². The van der Waals surface area contributed by atoms with Gasteiger partial charge in [0.05, 0.1) is 10.0 Å². The summed E-state index contributed by atoms with van der Waals surface area (Å²) >= 11 is 11.7. The van der Waals surface area contributed by atoms with Gasteiger partial charge < -0.3 is 4.42 Å². The van der Waals surface area contributed by atoms with E-state index in [-0.39, 0.29) is 22.1 Å². The van der Waals surface area contributed by atoms with Gasteiger partial charge in [-0.3, -0.25) is 4.79 Å². The summed E-state index contributed by atoms with van der Waals surface area (Å²) in [4.78, 5) is 12.3. The summed E-state index contributed by atoms with van der Waals surface area (Å²) in [6.45, 7) is 0. The van der Waals surface area contributed by atoms with Crippen molar-refractivity contribution in [2.75, 3.05) is 0 Å². The molecular weight excluding hydrogens is 302 g/mol. The zero-order valence-corrected chi connectivity index (χ0v) is 11.5. The Bertz CT molecular complexity index is 824. The van der Waals surface area contributed by atoms with E-state index in [1.54, 1.807) is 24.3 Å². The van der Waals surface area contributed by atoms with Crippen LogP contribution in [0.2, 0.25) is 10.0 Å². The molecule has 0 saturated heterocycles. The smallest absolute Gasteiger partial charge is 0.228 e. The van der Waals surface area contributed by atoms with Crippen LogP contribution in [0.15, 0.2) is 46.9 Å². The van der Waals surface area contributed by atoms with Crippen LogP contribution < -0.4 is 0 Å². The third-order valence-corrected chi connectivity index (χ3v) is 3.53. The van der Waals surface area contributed by atoms with Crippen LogP contribution in [0.1, 0.15) is 16.1 Å². The molecule has 0 spiro atoms. The van der Waals surface area contributed by atoms with E-state index in [4.69, 9.17) is 27.6 Å². The first-order chi connectivity index (χ1) is 9.56. The maximum Gasteiger partial charge on any atom is 0.228 e. The minimum atomic E-state index is -0.573. The molecule has 0 aliphatic carbocycles. The van der Waals surface area contributed by atoms with Crippen LogP contribution >= 0.6 is 23.2 Å². The Kier molecular flexibility index (Phi) is 3.24. The molecule has 20 heavy (non-hydrogen) atoms. The van der Waals surface area contributed by atoms with E-state index in [9.17, 15) is 9.18 Å². The number of carbonyl (C=O) groups is 1. The lowest BCUT2D eigenvalue weighted by Crippen LogP contribution is -1.99. The molecule has 0 bridgehead atoms. The Labute approximate surface area is 123 Å². The Morgan fingerprint density at radius 1 is 1.05 bits per heavy atom. The van der Waals surface area contributed by atoms with Crippen LogP contribution in [-0.2, 0) is 0 Å². The fraction of sp³-hybridized carbons (Fsp3) is 0. The number of rotatable bonds is 2. The Morgan fingerprint density at radius 2 is 1.85 bits per heavy atom. The number of furan rings is 1. The van der Waals surface area contributed by atoms with Gasteiger partial charge in [-0.05, 0) is 36.4 Å². The molecule has 0 aliphatic rings. The van der Waals surface area contributed by atoms with Gasteiger partial charge in [0.15, 0.2) is 5.76 Å². The van der Waals surface area contributed by atoms with Crippen LogP contribution in [0, 0.1) is 5.82 Å². The lowest BCUT2D eigenvalue weighted by molar-refractivity contribution is 0.101. The van der Waals surface area contributed by atoms with Gasteiger partial charge in [0.1, 0.15) is 11.4 Å². The van der Waals surface area contributed by atoms with Crippen LogP contribution in [0.25, 0.3) is 11.0 Å². The van der Waals surface area contributed by atoms with Crippen molar-refractivity contribution in [3.05, 3.63) is 69.7 Å². The molecule has 5 heteroatoms. The lowest BCUT2D eigenvalue weighted by atomic mass is 10.1. The maximum absolute atomic E-state index is 13.1. The van der Waals surface area contributed by atoms with Gasteiger partial charge in [-0.15, -0.1) is 0 Å². The highest BCUT2D eigenvalue weighted by atomic mass is 35.5. The van der Waals surface area contributed by atoms with Crippen LogP contribution in [0.3, 0.4) is 0 Å². The summed E-state index contributed by atoms with van der Waals surface area (Å²) in [6.07, 6.45) is 0. The largest absolute Gasteiger partial charge is 0.453 e. The SMILES string of the molecule is O=C(c1ccc(F)c(Cl)c1)c1cc2c(Cl)cccc2o1. The molecule has 0 aliphatic heterocycles. The standard InChI is InChI=1S/C15H7Cl2FO2/c16-10-2-1-3-13-9(10)7-14(20-13)15(19)8-4-5-12(18)11(17)6-8/h1-7H. The fourth-order valence-electron chi connectivity index (χ4n) is 1.92. The average molecular weight is 309 g/mol. The molecule has 0 fully saturated rings. The Hall–Kier alpha value is -1.84. The van der Waals surface area contributed by atoms with Crippen LogP contribution in [-0.4, -0.2) is 5.78 Å². The number of halogens is 3. The van der Waals surface area contributed by atoms with Gasteiger partial charge in [-0.2, -0.15) is 0 Å². The summed E-state index contributed by atoms with van der Waals surface area (Å²) in [6, 6.07) is 10.5. The van der Waals surface area contributed by atoms with Gasteiger partial charge in [0.25, 0.3) is 0 Å². The van der Waals surface area contributed by atoms with Crippen molar-refractivity contribution in [2.45, 2.75) is 0 Å². The second-order valence-corrected chi connectivity index (χ2v) is 5.03. The first-order valence-corrected chi connectivity index (χ1v) is 6.49. The summed E-state index contributed by atoms with van der Waals surface area (Å²) in [5.41, 5.74) is 0.778. The van der Waals surface area contributed by atoms with E-state index in [1.165, 1.54) is 12.1 Å². The van der Waals surface area contributed by atoms with Crippen molar-refractivity contribution < 1.29 is 13.6 Å². The highest BCUT2D eigenvalue weighted by Gasteiger charge is 2.16. The van der Waals surface area contributed by atoms with Crippen LogP contribution in [0.5, 0.6) is 0 Å². The molecule has 3 aromatic rings. The molecule has 0 unspecified atom stereocenters. The zero-order valence-electron chi connectivity index (χ0n) is 9.99. The topological polar surface area (TPSA) is 30.2 Å². The first kappa shape index (κ1) is 13.2. The van der Waals surface area contributed by atoms with Crippen molar-refractivity contribution in [1.82, 2.24) is 0 Å². The minimum absolute atomic E-state index is 0.106. The molecule has 2 aromatic carbocycles. The molecule has 0 N–H and O–H groups in total. The second-order valence-electron chi connectivity index (χ2n) is 4.22. The third kappa shape index (κ3) is 2.19. The van der Waals surface area contributed by atoms with Gasteiger partial charge in [-0.1, -0.05) is 29.3 Å². The fourth-order valence-corrected chi connectivity index (χ4v) is 2.32. The zero-order chi connectivity index (χ0) is 14.3. The second kappa shape index (κ2) is 4.93. The summed E-state index contributed by atoms with van der Waals surface area (Å²) in [5.74, 6) is -0.814. The predicted molar refractivity (Wildman–Crippen MR) is 76.1 cm³/mol. The lowest BCUT2D eigenvalue weighted by Gasteiger charge is -1.99. The van der Waals surface area contributed by atoms with Gasteiger partial charge in [0, 0.05) is 10.9 Å². The van der Waals surface area contributed by atoms with Crippen molar-refractivity contribution in [3.8, 4) is 0 Å². The highest BCUT2D eigenvalue weighted by Crippen LogP contribution is 2.28. The maximum atomic E-state index is 13.1. The predicted octanol–water partition coefficient (Wildman–Crippen LogP) is 5.11. The molecule has 3 rings (SSSR count). The van der Waals surface area contributed by atoms with Crippen molar-refractivity contribution in [1.29, 1.82) is 0 Å². The quantitative estimate of drug-likeness (QED) is 0.616. The van der Waals surface area contributed by atoms with Gasteiger partial charge in [-0.25, -0.2) is 4.39 Å². The summed E-state index contributed by atoms with van der Waals surface area (Å²) in [7, 11) is 0. The molecule has 0 atom stereocenters. The molecule has 0 amide bonds. The van der Waals surface area contributed by atoms with E-state index in [0.29, 0.717) is 16.0 Å². The first-order valence-electron chi connectivity index (χ1n) is 5.74. The van der Waals surface area contributed by atoms with Crippen molar-refractivity contribution in [3.63, 3.8) is 0 Å². The van der Waals surface area contributed by atoms with Crippen molar-refractivity contribution >= 4 is 40.0 Å². The van der Waals surface area contributed by atoms with E-state index >= 15 is 0 Å². The number of hydrogen-bond donors (Lipinski definition) is 0. The highest BCUT2D eigenvalue weighted by molar-refractivity contribution is 6.35. The molecule has 0 radical (unpaired) electrons. The van der Waals surface area contributed by atoms with Crippen LogP contribution in [0.4, 0.5) is 4.39 Å². The minimum Gasteiger partial charge on any atom is -0.453 e. The van der Waals surface area contributed by atoms with E-state index < -0.39 is 5.82 Å².